The van der Waals surface area contributed by atoms with Crippen LogP contribution in [0.25, 0.3) is 0 Å². The van der Waals surface area contributed by atoms with Crippen LogP contribution in [0, 0.1) is 5.82 Å². The molecule has 2 rings (SSSR count). The first kappa shape index (κ1) is 12.3. The van der Waals surface area contributed by atoms with Crippen molar-refractivity contribution in [2.75, 3.05) is 12.4 Å². The van der Waals surface area contributed by atoms with E-state index in [1.165, 1.54) is 19.2 Å². The van der Waals surface area contributed by atoms with Crippen LogP contribution < -0.4 is 5.32 Å². The number of thiazole rings is 1. The zero-order valence-electron chi connectivity index (χ0n) is 9.31. The molecule has 0 aliphatic rings. The largest absolute Gasteiger partial charge is 0.492 e. The van der Waals surface area contributed by atoms with E-state index in [-0.39, 0.29) is 15.7 Å². The van der Waals surface area contributed by atoms with Gasteiger partial charge in [-0.2, -0.15) is 4.98 Å². The Labute approximate surface area is 106 Å². The third-order valence-corrected chi connectivity index (χ3v) is 3.04. The highest BCUT2D eigenvalue weighted by Gasteiger charge is 2.18. The minimum atomic E-state index is -0.688. The van der Waals surface area contributed by atoms with Crippen LogP contribution in [0.5, 0.6) is 5.88 Å². The van der Waals surface area contributed by atoms with Crippen LogP contribution in [0.3, 0.4) is 0 Å². The monoisotopic (exact) mass is 268 g/mol. The summed E-state index contributed by atoms with van der Waals surface area (Å²) in [5, 5.41) is 12.3. The van der Waals surface area contributed by atoms with Gasteiger partial charge in [0.15, 0.2) is 10.0 Å². The Morgan fingerprint density at radius 2 is 2.22 bits per heavy atom. The topological polar surface area (TPSA) is 71.5 Å². The SMILES string of the molecule is COC(=O)c1sc(Nc2ccccc2F)nc1O. The summed E-state index contributed by atoms with van der Waals surface area (Å²) in [5.41, 5.74) is 0.211. The van der Waals surface area contributed by atoms with Gasteiger partial charge in [0, 0.05) is 0 Å². The van der Waals surface area contributed by atoms with Gasteiger partial charge in [0.2, 0.25) is 5.88 Å². The molecule has 0 unspecified atom stereocenters. The molecule has 7 heteroatoms. The zero-order chi connectivity index (χ0) is 13.1. The quantitative estimate of drug-likeness (QED) is 0.837. The Bertz CT molecular complexity index is 585. The minimum Gasteiger partial charge on any atom is -0.492 e. The van der Waals surface area contributed by atoms with E-state index in [1.54, 1.807) is 12.1 Å². The lowest BCUT2D eigenvalue weighted by Gasteiger charge is -2.02. The van der Waals surface area contributed by atoms with Crippen LogP contribution in [0.15, 0.2) is 24.3 Å². The van der Waals surface area contributed by atoms with Gasteiger partial charge in [0.25, 0.3) is 0 Å². The lowest BCUT2D eigenvalue weighted by Crippen LogP contribution is -1.97. The molecule has 0 atom stereocenters. The fourth-order valence-electron chi connectivity index (χ4n) is 1.27. The fraction of sp³-hybridized carbons (Fsp3) is 0.0909. The molecular formula is C11H9FN2O3S. The van der Waals surface area contributed by atoms with Gasteiger partial charge in [-0.3, -0.25) is 0 Å². The van der Waals surface area contributed by atoms with E-state index in [1.807, 2.05) is 0 Å². The van der Waals surface area contributed by atoms with E-state index >= 15 is 0 Å². The molecule has 1 aromatic heterocycles. The molecular weight excluding hydrogens is 259 g/mol. The first-order chi connectivity index (χ1) is 8.61. The number of methoxy groups -OCH3 is 1. The van der Waals surface area contributed by atoms with Crippen molar-refractivity contribution < 1.29 is 19.0 Å². The van der Waals surface area contributed by atoms with Gasteiger partial charge < -0.3 is 15.2 Å². The van der Waals surface area contributed by atoms with Gasteiger partial charge in [0.1, 0.15) is 5.82 Å². The van der Waals surface area contributed by atoms with E-state index in [4.69, 9.17) is 0 Å². The standard InChI is InChI=1S/C11H9FN2O3S/c1-17-10(16)8-9(15)14-11(18-8)13-7-5-3-2-4-6(7)12/h2-5,15H,1H3,(H,13,14). The van der Waals surface area contributed by atoms with Crippen LogP contribution in [0.1, 0.15) is 9.67 Å². The smallest absolute Gasteiger partial charge is 0.353 e. The van der Waals surface area contributed by atoms with E-state index in [0.29, 0.717) is 0 Å². The number of aromatic hydroxyl groups is 1. The summed E-state index contributed by atoms with van der Waals surface area (Å²) in [4.78, 5) is 14.9. The molecule has 0 amide bonds. The number of carbonyl (C=O) groups excluding carboxylic acids is 1. The third kappa shape index (κ3) is 2.40. The predicted octanol–water partition coefficient (Wildman–Crippen LogP) is 2.52. The number of esters is 1. The summed E-state index contributed by atoms with van der Waals surface area (Å²) in [6.07, 6.45) is 0. The molecule has 5 nitrogen and oxygen atoms in total. The highest BCUT2D eigenvalue weighted by molar-refractivity contribution is 7.17. The number of ether oxygens (including phenoxy) is 1. The molecule has 0 spiro atoms. The van der Waals surface area contributed by atoms with Crippen molar-refractivity contribution in [1.82, 2.24) is 4.98 Å². The second-order valence-corrected chi connectivity index (χ2v) is 4.27. The summed E-state index contributed by atoms with van der Waals surface area (Å²) >= 11 is 0.882. The molecule has 0 aliphatic heterocycles. The highest BCUT2D eigenvalue weighted by atomic mass is 32.1. The number of para-hydroxylation sites is 1. The van der Waals surface area contributed by atoms with Gasteiger partial charge in [0.05, 0.1) is 12.8 Å². The number of hydrogen-bond donors (Lipinski definition) is 2. The van der Waals surface area contributed by atoms with Crippen LogP contribution in [-0.4, -0.2) is 23.2 Å². The number of nitrogens with one attached hydrogen (secondary N) is 1. The Hall–Kier alpha value is -2.15. The highest BCUT2D eigenvalue weighted by Crippen LogP contribution is 2.31. The summed E-state index contributed by atoms with van der Waals surface area (Å²) in [6.45, 7) is 0. The number of rotatable bonds is 3. The average Bonchev–Trinajstić information content (AvgIpc) is 2.72. The van der Waals surface area contributed by atoms with Crippen molar-refractivity contribution in [2.24, 2.45) is 0 Å². The number of nitrogens with zero attached hydrogens (tertiary/aromatic N) is 1. The first-order valence-corrected chi connectivity index (χ1v) is 5.73. The van der Waals surface area contributed by atoms with Crippen LogP contribution in [0.4, 0.5) is 15.2 Å². The Morgan fingerprint density at radius 3 is 2.89 bits per heavy atom. The number of hydrogen-bond acceptors (Lipinski definition) is 6. The Kier molecular flexibility index (Phi) is 3.42. The zero-order valence-corrected chi connectivity index (χ0v) is 10.1. The predicted molar refractivity (Wildman–Crippen MR) is 64.8 cm³/mol. The molecule has 94 valence electrons. The summed E-state index contributed by atoms with van der Waals surface area (Å²) < 4.78 is 17.8. The lowest BCUT2D eigenvalue weighted by molar-refractivity contribution is 0.0603. The third-order valence-electron chi connectivity index (χ3n) is 2.10. The molecule has 0 saturated heterocycles. The van der Waals surface area contributed by atoms with Crippen molar-refractivity contribution in [3.63, 3.8) is 0 Å². The molecule has 2 N–H and O–H groups in total. The number of aromatic nitrogens is 1. The Balaban J connectivity index is 2.26. The van der Waals surface area contributed by atoms with Crippen molar-refractivity contribution in [1.29, 1.82) is 0 Å². The van der Waals surface area contributed by atoms with Crippen molar-refractivity contribution in [2.45, 2.75) is 0 Å². The van der Waals surface area contributed by atoms with Gasteiger partial charge in [-0.05, 0) is 12.1 Å². The van der Waals surface area contributed by atoms with Crippen molar-refractivity contribution in [3.05, 3.63) is 35.0 Å². The van der Waals surface area contributed by atoms with Crippen LogP contribution in [-0.2, 0) is 4.74 Å². The van der Waals surface area contributed by atoms with E-state index in [9.17, 15) is 14.3 Å². The molecule has 1 aromatic carbocycles. The molecule has 2 aromatic rings. The number of carbonyl (C=O) groups is 1. The molecule has 0 aliphatic carbocycles. The lowest BCUT2D eigenvalue weighted by atomic mass is 10.3. The summed E-state index contributed by atoms with van der Waals surface area (Å²) in [5.74, 6) is -1.58. The number of benzene rings is 1. The molecule has 18 heavy (non-hydrogen) atoms. The molecule has 0 saturated carbocycles. The van der Waals surface area contributed by atoms with Crippen molar-refractivity contribution in [3.8, 4) is 5.88 Å². The molecule has 0 fully saturated rings. The maximum atomic E-state index is 13.4. The Morgan fingerprint density at radius 1 is 1.50 bits per heavy atom. The van der Waals surface area contributed by atoms with Gasteiger partial charge in [-0.1, -0.05) is 23.5 Å². The second-order valence-electron chi connectivity index (χ2n) is 3.27. The van der Waals surface area contributed by atoms with Crippen LogP contribution in [0.2, 0.25) is 0 Å². The fourth-order valence-corrected chi connectivity index (χ4v) is 2.06. The minimum absolute atomic E-state index is 0.0312. The normalized spacial score (nSPS) is 10.1. The number of anilines is 2. The van der Waals surface area contributed by atoms with Crippen molar-refractivity contribution >= 4 is 28.1 Å². The first-order valence-electron chi connectivity index (χ1n) is 4.91. The number of halogens is 1. The maximum Gasteiger partial charge on any atom is 0.353 e. The summed E-state index contributed by atoms with van der Waals surface area (Å²) in [7, 11) is 1.20. The van der Waals surface area contributed by atoms with Gasteiger partial charge in [-0.15, -0.1) is 0 Å². The molecule has 1 heterocycles. The van der Waals surface area contributed by atoms with Gasteiger partial charge >= 0.3 is 5.97 Å². The van der Waals surface area contributed by atoms with Gasteiger partial charge in [-0.25, -0.2) is 9.18 Å². The maximum absolute atomic E-state index is 13.4. The second kappa shape index (κ2) is 5.01. The average molecular weight is 268 g/mol. The van der Waals surface area contributed by atoms with Crippen LogP contribution >= 0.6 is 11.3 Å². The van der Waals surface area contributed by atoms with E-state index in [2.05, 4.69) is 15.0 Å². The van der Waals surface area contributed by atoms with E-state index in [0.717, 1.165) is 11.3 Å². The molecule has 0 radical (unpaired) electrons. The summed E-state index contributed by atoms with van der Waals surface area (Å²) in [6, 6.07) is 6.02. The molecule has 0 bridgehead atoms. The van der Waals surface area contributed by atoms with E-state index < -0.39 is 17.7 Å².